The molecule has 2 rings (SSSR count). The van der Waals surface area contributed by atoms with Crippen LogP contribution >= 0.6 is 23.2 Å². The Morgan fingerprint density at radius 3 is 2.75 bits per heavy atom. The summed E-state index contributed by atoms with van der Waals surface area (Å²) in [5.74, 6) is -0.229. The van der Waals surface area contributed by atoms with Gasteiger partial charge in [0.05, 0.1) is 21.9 Å². The molecule has 0 aliphatic carbocycles. The van der Waals surface area contributed by atoms with E-state index in [4.69, 9.17) is 23.2 Å². The fourth-order valence-electron chi connectivity index (χ4n) is 1.56. The molecule has 0 saturated heterocycles. The Balaban J connectivity index is 2.06. The highest BCUT2D eigenvalue weighted by atomic mass is 35.5. The Kier molecular flexibility index (Phi) is 4.77. The Hall–Kier alpha value is -1.84. The number of halogens is 2. The first-order valence-electron chi connectivity index (χ1n) is 5.91. The van der Waals surface area contributed by atoms with E-state index in [9.17, 15) is 4.79 Å². The predicted octanol–water partition coefficient (Wildman–Crippen LogP) is 4.35. The number of hydrogen-bond acceptors (Lipinski definition) is 2. The lowest BCUT2D eigenvalue weighted by Gasteiger charge is -2.04. The standard InChI is InChI=1S/C15H12Cl2N2O/c1-10-6-7-18-9-14(10)19-15(20)5-3-11-2-4-12(16)13(17)8-11/h2-9H,1H3,(H,19,20)/b5-3+. The van der Waals surface area contributed by atoms with Gasteiger partial charge < -0.3 is 5.32 Å². The summed E-state index contributed by atoms with van der Waals surface area (Å²) in [4.78, 5) is 15.8. The molecule has 2 aromatic rings. The second-order valence-corrected chi connectivity index (χ2v) is 5.00. The third kappa shape index (κ3) is 3.83. The predicted molar refractivity (Wildman–Crippen MR) is 83.1 cm³/mol. The van der Waals surface area contributed by atoms with Crippen molar-refractivity contribution < 1.29 is 4.79 Å². The van der Waals surface area contributed by atoms with E-state index in [0.717, 1.165) is 11.1 Å². The lowest BCUT2D eigenvalue weighted by Crippen LogP contribution is -2.09. The summed E-state index contributed by atoms with van der Waals surface area (Å²) in [6.07, 6.45) is 6.39. The zero-order chi connectivity index (χ0) is 14.5. The van der Waals surface area contributed by atoms with Crippen molar-refractivity contribution in [3.8, 4) is 0 Å². The molecule has 0 fully saturated rings. The summed E-state index contributed by atoms with van der Waals surface area (Å²) >= 11 is 11.7. The van der Waals surface area contributed by atoms with Crippen molar-refractivity contribution in [2.45, 2.75) is 6.92 Å². The summed E-state index contributed by atoms with van der Waals surface area (Å²) in [6.45, 7) is 1.90. The Morgan fingerprint density at radius 2 is 2.05 bits per heavy atom. The maximum absolute atomic E-state index is 11.8. The smallest absolute Gasteiger partial charge is 0.248 e. The molecule has 0 radical (unpaired) electrons. The lowest BCUT2D eigenvalue weighted by molar-refractivity contribution is -0.111. The molecular formula is C15H12Cl2N2O. The number of benzene rings is 1. The van der Waals surface area contributed by atoms with Crippen LogP contribution in [-0.2, 0) is 4.79 Å². The van der Waals surface area contributed by atoms with Crippen molar-refractivity contribution in [3.63, 3.8) is 0 Å². The zero-order valence-corrected chi connectivity index (χ0v) is 12.2. The van der Waals surface area contributed by atoms with Crippen molar-refractivity contribution in [1.29, 1.82) is 0 Å². The number of aryl methyl sites for hydroxylation is 1. The van der Waals surface area contributed by atoms with E-state index in [0.29, 0.717) is 15.7 Å². The van der Waals surface area contributed by atoms with E-state index < -0.39 is 0 Å². The van der Waals surface area contributed by atoms with Crippen molar-refractivity contribution in [2.75, 3.05) is 5.32 Å². The molecule has 1 aromatic heterocycles. The van der Waals surface area contributed by atoms with Crippen LogP contribution in [0.15, 0.2) is 42.7 Å². The third-order valence-corrected chi connectivity index (χ3v) is 3.41. The quantitative estimate of drug-likeness (QED) is 0.857. The molecule has 102 valence electrons. The molecule has 0 aliphatic rings. The van der Waals surface area contributed by atoms with Gasteiger partial charge in [-0.2, -0.15) is 0 Å². The number of nitrogens with zero attached hydrogens (tertiary/aromatic N) is 1. The van der Waals surface area contributed by atoms with Gasteiger partial charge in [0, 0.05) is 12.3 Å². The van der Waals surface area contributed by atoms with Crippen LogP contribution in [0.5, 0.6) is 0 Å². The van der Waals surface area contributed by atoms with Crippen molar-refractivity contribution >= 4 is 40.9 Å². The van der Waals surface area contributed by atoms with Crippen LogP contribution in [0.4, 0.5) is 5.69 Å². The Morgan fingerprint density at radius 1 is 1.25 bits per heavy atom. The molecule has 0 unspecified atom stereocenters. The fraction of sp³-hybridized carbons (Fsp3) is 0.0667. The second kappa shape index (κ2) is 6.55. The highest BCUT2D eigenvalue weighted by Crippen LogP contribution is 2.23. The lowest BCUT2D eigenvalue weighted by atomic mass is 10.2. The van der Waals surface area contributed by atoms with E-state index in [1.165, 1.54) is 6.08 Å². The van der Waals surface area contributed by atoms with E-state index in [2.05, 4.69) is 10.3 Å². The van der Waals surface area contributed by atoms with Gasteiger partial charge in [-0.1, -0.05) is 29.3 Å². The first kappa shape index (κ1) is 14.6. The van der Waals surface area contributed by atoms with Crippen LogP contribution in [-0.4, -0.2) is 10.9 Å². The number of rotatable bonds is 3. The number of aromatic nitrogens is 1. The molecule has 0 aliphatic heterocycles. The molecule has 0 spiro atoms. The highest BCUT2D eigenvalue weighted by molar-refractivity contribution is 6.42. The molecule has 3 nitrogen and oxygen atoms in total. The number of carbonyl (C=O) groups is 1. The van der Waals surface area contributed by atoms with Crippen LogP contribution in [0, 0.1) is 6.92 Å². The first-order chi connectivity index (χ1) is 9.56. The van der Waals surface area contributed by atoms with Crippen LogP contribution in [0.25, 0.3) is 6.08 Å². The fourth-order valence-corrected chi connectivity index (χ4v) is 1.86. The van der Waals surface area contributed by atoms with Crippen LogP contribution in [0.2, 0.25) is 10.0 Å². The largest absolute Gasteiger partial charge is 0.321 e. The summed E-state index contributed by atoms with van der Waals surface area (Å²) in [5, 5.41) is 3.70. The van der Waals surface area contributed by atoms with Gasteiger partial charge in [0.2, 0.25) is 5.91 Å². The molecule has 0 atom stereocenters. The number of nitrogens with one attached hydrogen (secondary N) is 1. The number of anilines is 1. The van der Waals surface area contributed by atoms with Crippen molar-refractivity contribution in [2.24, 2.45) is 0 Å². The summed E-state index contributed by atoms with van der Waals surface area (Å²) in [5.41, 5.74) is 2.45. The minimum Gasteiger partial charge on any atom is -0.321 e. The normalized spacial score (nSPS) is 10.8. The van der Waals surface area contributed by atoms with Gasteiger partial charge in [-0.15, -0.1) is 0 Å². The SMILES string of the molecule is Cc1ccncc1NC(=O)/C=C/c1ccc(Cl)c(Cl)c1. The van der Waals surface area contributed by atoms with Crippen LogP contribution in [0.1, 0.15) is 11.1 Å². The molecular weight excluding hydrogens is 295 g/mol. The molecule has 0 saturated carbocycles. The third-order valence-electron chi connectivity index (χ3n) is 2.67. The van der Waals surface area contributed by atoms with Gasteiger partial charge >= 0.3 is 0 Å². The molecule has 1 N–H and O–H groups in total. The average molecular weight is 307 g/mol. The Bertz CT molecular complexity index is 669. The van der Waals surface area contributed by atoms with Crippen LogP contribution < -0.4 is 5.32 Å². The molecule has 0 bridgehead atoms. The monoisotopic (exact) mass is 306 g/mol. The minimum atomic E-state index is -0.229. The van der Waals surface area contributed by atoms with E-state index in [1.807, 2.05) is 13.0 Å². The summed E-state index contributed by atoms with van der Waals surface area (Å²) in [6, 6.07) is 7.00. The van der Waals surface area contributed by atoms with E-state index in [1.54, 1.807) is 36.7 Å². The average Bonchev–Trinajstić information content (AvgIpc) is 2.43. The second-order valence-electron chi connectivity index (χ2n) is 4.19. The van der Waals surface area contributed by atoms with Crippen molar-refractivity contribution in [3.05, 3.63) is 63.9 Å². The molecule has 1 aromatic carbocycles. The summed E-state index contributed by atoms with van der Waals surface area (Å²) < 4.78 is 0. The van der Waals surface area contributed by atoms with Gasteiger partial charge in [-0.3, -0.25) is 9.78 Å². The van der Waals surface area contributed by atoms with Crippen LogP contribution in [0.3, 0.4) is 0 Å². The molecule has 5 heteroatoms. The Labute approximate surface area is 127 Å². The van der Waals surface area contributed by atoms with Gasteiger partial charge in [-0.25, -0.2) is 0 Å². The highest BCUT2D eigenvalue weighted by Gasteiger charge is 2.01. The van der Waals surface area contributed by atoms with E-state index in [-0.39, 0.29) is 5.91 Å². The number of hydrogen-bond donors (Lipinski definition) is 1. The number of pyridine rings is 1. The van der Waals surface area contributed by atoms with Gasteiger partial charge in [0.15, 0.2) is 0 Å². The first-order valence-corrected chi connectivity index (χ1v) is 6.66. The molecule has 20 heavy (non-hydrogen) atoms. The number of carbonyl (C=O) groups excluding carboxylic acids is 1. The number of amides is 1. The zero-order valence-electron chi connectivity index (χ0n) is 10.7. The van der Waals surface area contributed by atoms with Gasteiger partial charge in [0.1, 0.15) is 0 Å². The minimum absolute atomic E-state index is 0.229. The van der Waals surface area contributed by atoms with Gasteiger partial charge in [0.25, 0.3) is 0 Å². The maximum Gasteiger partial charge on any atom is 0.248 e. The summed E-state index contributed by atoms with van der Waals surface area (Å²) in [7, 11) is 0. The van der Waals surface area contributed by atoms with Crippen molar-refractivity contribution in [1.82, 2.24) is 4.98 Å². The molecule has 1 amide bonds. The maximum atomic E-state index is 11.8. The van der Waals surface area contributed by atoms with Gasteiger partial charge in [-0.05, 0) is 42.3 Å². The molecule has 1 heterocycles. The topological polar surface area (TPSA) is 42.0 Å². The van der Waals surface area contributed by atoms with E-state index >= 15 is 0 Å².